The Kier molecular flexibility index (Phi) is 10.5. The minimum Gasteiger partial charge on any atom is -0.478 e. The Labute approximate surface area is 246 Å². The van der Waals surface area contributed by atoms with Crippen LogP contribution >= 0.6 is 11.6 Å². The molecule has 0 spiro atoms. The summed E-state index contributed by atoms with van der Waals surface area (Å²) in [6.45, 7) is 3.64. The molecule has 214 valence electrons. The van der Waals surface area contributed by atoms with E-state index >= 15 is 0 Å². The summed E-state index contributed by atoms with van der Waals surface area (Å²) in [5.41, 5.74) is 3.14. The molecule has 3 N–H and O–H groups in total. The van der Waals surface area contributed by atoms with Crippen molar-refractivity contribution in [1.82, 2.24) is 0 Å². The summed E-state index contributed by atoms with van der Waals surface area (Å²) in [4.78, 5) is 58.1. The molecule has 0 unspecified atom stereocenters. The van der Waals surface area contributed by atoms with Crippen LogP contribution in [0.1, 0.15) is 74.0 Å². The topological polar surface area (TPSA) is 146 Å². The van der Waals surface area contributed by atoms with Crippen LogP contribution in [0.2, 0.25) is 5.02 Å². The molecule has 4 aromatic carbocycles. The van der Waals surface area contributed by atoms with Gasteiger partial charge in [-0.05, 0) is 54.8 Å². The van der Waals surface area contributed by atoms with Gasteiger partial charge in [0.2, 0.25) is 0 Å². The highest BCUT2D eigenvalue weighted by Crippen LogP contribution is 2.20. The lowest BCUT2D eigenvalue weighted by Crippen LogP contribution is -2.13. The first-order chi connectivity index (χ1) is 19.9. The third kappa shape index (κ3) is 7.99. The monoisotopic (exact) mass is 586 g/mol. The predicted octanol–water partition coefficient (Wildman–Crippen LogP) is 6.59. The van der Waals surface area contributed by atoms with E-state index in [9.17, 15) is 29.1 Å². The van der Waals surface area contributed by atoms with E-state index in [4.69, 9.17) is 21.8 Å². The third-order valence-corrected chi connectivity index (χ3v) is 6.77. The Morgan fingerprint density at radius 1 is 0.571 bits per heavy atom. The van der Waals surface area contributed by atoms with E-state index in [1.165, 1.54) is 36.4 Å². The van der Waals surface area contributed by atoms with Gasteiger partial charge in [-0.25, -0.2) is 14.4 Å². The van der Waals surface area contributed by atoms with E-state index in [1.54, 1.807) is 43.3 Å². The molecule has 0 bridgehead atoms. The normalized spacial score (nSPS) is 10.3. The molecule has 0 heterocycles. The molecule has 0 amide bonds. The number of Topliss-reactive ketones (excluding diaryl/α,β-unsaturated/α-hetero) is 2. The molecule has 0 fully saturated rings. The van der Waals surface area contributed by atoms with Crippen molar-refractivity contribution in [2.24, 2.45) is 0 Å². The van der Waals surface area contributed by atoms with Gasteiger partial charge in [-0.3, -0.25) is 9.59 Å². The highest BCUT2D eigenvalue weighted by Gasteiger charge is 2.19. The number of carbonyl (C=O) groups excluding carboxylic acids is 2. The highest BCUT2D eigenvalue weighted by atomic mass is 35.5. The number of ketones is 2. The van der Waals surface area contributed by atoms with Crippen molar-refractivity contribution in [3.05, 3.63) is 140 Å². The number of carboxylic acid groups (broad SMARTS) is 3. The van der Waals surface area contributed by atoms with Crippen molar-refractivity contribution >= 4 is 41.1 Å². The Balaban J connectivity index is 0.000000231. The molecule has 0 atom stereocenters. The Morgan fingerprint density at radius 3 is 1.52 bits per heavy atom. The molecule has 4 aromatic rings. The van der Waals surface area contributed by atoms with E-state index in [1.807, 2.05) is 19.1 Å². The zero-order valence-corrected chi connectivity index (χ0v) is 23.5. The Bertz CT molecular complexity index is 1690. The minimum atomic E-state index is -1.19. The second-order valence-corrected chi connectivity index (χ2v) is 9.86. The van der Waals surface area contributed by atoms with Crippen LogP contribution in [-0.2, 0) is 12.8 Å². The van der Waals surface area contributed by atoms with Crippen LogP contribution in [0.3, 0.4) is 0 Å². The maximum absolute atomic E-state index is 12.3. The van der Waals surface area contributed by atoms with Gasteiger partial charge >= 0.3 is 17.9 Å². The standard InChI is InChI=1S/C17H14O5.C16H13ClO3/c1-10-6-7-11(14(8-10)17(21)22)9-15(18)12-4-2-3-5-13(12)16(19)20;1-10-6-7-11(8-14(10)17)9-15(18)12-4-2-3-5-13(12)16(19)20/h2-8H,9H2,1H3,(H,19,20)(H,21,22);2-8H,9H2,1H3,(H,19,20). The molecule has 0 aliphatic rings. The number of halogens is 1. The summed E-state index contributed by atoms with van der Waals surface area (Å²) < 4.78 is 0. The van der Waals surface area contributed by atoms with Crippen LogP contribution in [0.25, 0.3) is 0 Å². The van der Waals surface area contributed by atoms with Crippen LogP contribution in [0.4, 0.5) is 0 Å². The zero-order chi connectivity index (χ0) is 31.0. The summed E-state index contributed by atoms with van der Waals surface area (Å²) >= 11 is 6.02. The molecule has 0 aromatic heterocycles. The molecule has 0 saturated heterocycles. The largest absolute Gasteiger partial charge is 0.478 e. The first-order valence-electron chi connectivity index (χ1n) is 12.7. The first-order valence-corrected chi connectivity index (χ1v) is 13.1. The minimum absolute atomic E-state index is 0.0238. The average molecular weight is 587 g/mol. The SMILES string of the molecule is Cc1ccc(CC(=O)c2ccccc2C(=O)O)c(C(=O)O)c1.Cc1ccc(CC(=O)c2ccccc2C(=O)O)cc1Cl. The van der Waals surface area contributed by atoms with Crippen molar-refractivity contribution in [3.63, 3.8) is 0 Å². The molecule has 0 saturated carbocycles. The van der Waals surface area contributed by atoms with Crippen LogP contribution in [0.15, 0.2) is 84.9 Å². The second kappa shape index (κ2) is 14.0. The number of carbonyl (C=O) groups is 5. The molecular formula is C33H27ClO8. The fraction of sp³-hybridized carbons (Fsp3) is 0.121. The summed E-state index contributed by atoms with van der Waals surface area (Å²) in [6, 6.07) is 22.3. The van der Waals surface area contributed by atoms with Crippen LogP contribution in [0.5, 0.6) is 0 Å². The molecule has 9 heteroatoms. The van der Waals surface area contributed by atoms with Gasteiger partial charge in [0.1, 0.15) is 0 Å². The second-order valence-electron chi connectivity index (χ2n) is 9.45. The van der Waals surface area contributed by atoms with Gasteiger partial charge in [0.25, 0.3) is 0 Å². The lowest BCUT2D eigenvalue weighted by molar-refractivity contribution is 0.0682. The van der Waals surface area contributed by atoms with Crippen LogP contribution in [0, 0.1) is 13.8 Å². The number of benzene rings is 4. The molecule has 42 heavy (non-hydrogen) atoms. The highest BCUT2D eigenvalue weighted by molar-refractivity contribution is 6.31. The molecule has 0 radical (unpaired) electrons. The smallest absolute Gasteiger partial charge is 0.336 e. The van der Waals surface area contributed by atoms with Gasteiger partial charge in [0, 0.05) is 29.0 Å². The van der Waals surface area contributed by atoms with E-state index in [0.29, 0.717) is 10.6 Å². The van der Waals surface area contributed by atoms with Gasteiger partial charge in [0.15, 0.2) is 11.6 Å². The summed E-state index contributed by atoms with van der Waals surface area (Å²) in [6.07, 6.45) is -0.0313. The lowest BCUT2D eigenvalue weighted by atomic mass is 9.95. The van der Waals surface area contributed by atoms with Gasteiger partial charge in [-0.2, -0.15) is 0 Å². The number of hydrogen-bond donors (Lipinski definition) is 3. The number of carboxylic acids is 3. The van der Waals surface area contributed by atoms with Crippen molar-refractivity contribution in [1.29, 1.82) is 0 Å². The fourth-order valence-corrected chi connectivity index (χ4v) is 4.37. The van der Waals surface area contributed by atoms with Crippen molar-refractivity contribution in [2.75, 3.05) is 0 Å². The quantitative estimate of drug-likeness (QED) is 0.186. The van der Waals surface area contributed by atoms with E-state index in [2.05, 4.69) is 0 Å². The van der Waals surface area contributed by atoms with E-state index in [0.717, 1.165) is 16.7 Å². The van der Waals surface area contributed by atoms with Gasteiger partial charge in [-0.15, -0.1) is 0 Å². The lowest BCUT2D eigenvalue weighted by Gasteiger charge is -2.08. The summed E-state index contributed by atoms with van der Waals surface area (Å²) in [5, 5.41) is 28.0. The van der Waals surface area contributed by atoms with Crippen molar-refractivity contribution in [3.8, 4) is 0 Å². The predicted molar refractivity (Wildman–Crippen MR) is 157 cm³/mol. The molecule has 4 rings (SSSR count). The van der Waals surface area contributed by atoms with Crippen molar-refractivity contribution < 1.29 is 39.3 Å². The fourth-order valence-electron chi connectivity index (χ4n) is 4.16. The first kappa shape index (κ1) is 31.4. The van der Waals surface area contributed by atoms with Crippen LogP contribution < -0.4 is 0 Å². The number of aryl methyl sites for hydroxylation is 2. The van der Waals surface area contributed by atoms with Crippen molar-refractivity contribution in [2.45, 2.75) is 26.7 Å². The van der Waals surface area contributed by atoms with Gasteiger partial charge < -0.3 is 15.3 Å². The zero-order valence-electron chi connectivity index (χ0n) is 22.8. The molecule has 0 aliphatic heterocycles. The molecule has 8 nitrogen and oxygen atoms in total. The summed E-state index contributed by atoms with van der Waals surface area (Å²) in [7, 11) is 0. The Hall–Kier alpha value is -5.08. The third-order valence-electron chi connectivity index (χ3n) is 6.36. The number of rotatable bonds is 9. The summed E-state index contributed by atoms with van der Waals surface area (Å²) in [5.74, 6) is -4.06. The number of aromatic carboxylic acids is 3. The van der Waals surface area contributed by atoms with E-state index in [-0.39, 0.29) is 46.4 Å². The molecule has 0 aliphatic carbocycles. The maximum atomic E-state index is 12.3. The number of hydrogen-bond acceptors (Lipinski definition) is 5. The van der Waals surface area contributed by atoms with Gasteiger partial charge in [-0.1, -0.05) is 77.8 Å². The maximum Gasteiger partial charge on any atom is 0.336 e. The molecular weight excluding hydrogens is 560 g/mol. The van der Waals surface area contributed by atoms with E-state index < -0.39 is 23.7 Å². The average Bonchev–Trinajstić information content (AvgIpc) is 2.96. The van der Waals surface area contributed by atoms with Gasteiger partial charge in [0.05, 0.1) is 16.7 Å². The van der Waals surface area contributed by atoms with Crippen LogP contribution in [-0.4, -0.2) is 44.8 Å². The Morgan fingerprint density at radius 2 is 1.05 bits per heavy atom.